The van der Waals surface area contributed by atoms with Gasteiger partial charge in [0.1, 0.15) is 11.6 Å². The zero-order chi connectivity index (χ0) is 19.9. The van der Waals surface area contributed by atoms with E-state index in [-0.39, 0.29) is 12.0 Å². The third-order valence-corrected chi connectivity index (χ3v) is 4.15. The lowest BCUT2D eigenvalue weighted by atomic mass is 10.2. The number of carbonyl (C=O) groups excluding carboxylic acids is 1. The Bertz CT molecular complexity index is 891. The van der Waals surface area contributed by atoms with Crippen LogP contribution in [0.15, 0.2) is 72.9 Å². The number of hydrogen-bond acceptors (Lipinski definition) is 4. The molecule has 1 amide bonds. The minimum Gasteiger partial charge on any atom is -0.491 e. The first kappa shape index (κ1) is 19.4. The highest BCUT2D eigenvalue weighted by atomic mass is 16.5. The van der Waals surface area contributed by atoms with E-state index in [1.165, 1.54) is 5.56 Å². The van der Waals surface area contributed by atoms with Crippen LogP contribution < -0.4 is 15.0 Å². The van der Waals surface area contributed by atoms with Crippen molar-refractivity contribution >= 4 is 17.4 Å². The summed E-state index contributed by atoms with van der Waals surface area (Å²) in [6.45, 7) is 4.71. The van der Waals surface area contributed by atoms with Gasteiger partial charge >= 0.3 is 0 Å². The van der Waals surface area contributed by atoms with Crippen LogP contribution in [0.1, 0.15) is 29.8 Å². The molecule has 0 aliphatic carbocycles. The largest absolute Gasteiger partial charge is 0.491 e. The first-order chi connectivity index (χ1) is 13.5. The second-order valence-corrected chi connectivity index (χ2v) is 6.89. The Morgan fingerprint density at radius 1 is 1.04 bits per heavy atom. The van der Waals surface area contributed by atoms with Crippen molar-refractivity contribution in [3.8, 4) is 5.75 Å². The summed E-state index contributed by atoms with van der Waals surface area (Å²) in [7, 11) is 1.98. The van der Waals surface area contributed by atoms with Crippen LogP contribution in [0.5, 0.6) is 5.75 Å². The van der Waals surface area contributed by atoms with Gasteiger partial charge in [0, 0.05) is 25.5 Å². The van der Waals surface area contributed by atoms with E-state index < -0.39 is 0 Å². The summed E-state index contributed by atoms with van der Waals surface area (Å²) in [4.78, 5) is 18.9. The van der Waals surface area contributed by atoms with Crippen molar-refractivity contribution < 1.29 is 9.53 Å². The monoisotopic (exact) mass is 375 g/mol. The Kier molecular flexibility index (Phi) is 6.27. The van der Waals surface area contributed by atoms with Crippen LogP contribution in [0.2, 0.25) is 0 Å². The highest BCUT2D eigenvalue weighted by Crippen LogP contribution is 2.18. The molecule has 0 aliphatic rings. The summed E-state index contributed by atoms with van der Waals surface area (Å²) < 4.78 is 5.61. The molecule has 0 unspecified atom stereocenters. The number of amides is 1. The number of benzene rings is 2. The lowest BCUT2D eigenvalue weighted by Gasteiger charge is -2.18. The normalized spacial score (nSPS) is 10.6. The lowest BCUT2D eigenvalue weighted by Crippen LogP contribution is -2.18. The maximum atomic E-state index is 12.5. The standard InChI is InChI=1S/C23H25N3O2/c1-17(2)28-21-12-10-20(11-13-21)25-23(27)19-9-14-22(24-15-19)26(3)16-18-7-5-4-6-8-18/h4-15,17H,16H2,1-3H3,(H,25,27). The molecule has 0 saturated heterocycles. The van der Waals surface area contributed by atoms with E-state index >= 15 is 0 Å². The van der Waals surface area contributed by atoms with Crippen LogP contribution in [0.4, 0.5) is 11.5 Å². The van der Waals surface area contributed by atoms with Gasteiger partial charge in [-0.25, -0.2) is 4.98 Å². The van der Waals surface area contributed by atoms with E-state index in [1.54, 1.807) is 12.3 Å². The Balaban J connectivity index is 1.60. The topological polar surface area (TPSA) is 54.5 Å². The van der Waals surface area contributed by atoms with E-state index in [1.807, 2.05) is 74.3 Å². The van der Waals surface area contributed by atoms with Crippen LogP contribution >= 0.6 is 0 Å². The van der Waals surface area contributed by atoms with Crippen LogP contribution in [0.25, 0.3) is 0 Å². The summed E-state index contributed by atoms with van der Waals surface area (Å²) in [6, 6.07) is 21.2. The molecule has 0 aliphatic heterocycles. The molecule has 0 saturated carbocycles. The van der Waals surface area contributed by atoms with Gasteiger partial charge in [0.25, 0.3) is 5.91 Å². The van der Waals surface area contributed by atoms with Crippen molar-refractivity contribution in [2.45, 2.75) is 26.5 Å². The number of carbonyl (C=O) groups is 1. The van der Waals surface area contributed by atoms with E-state index in [2.05, 4.69) is 22.4 Å². The van der Waals surface area contributed by atoms with Gasteiger partial charge in [-0.2, -0.15) is 0 Å². The van der Waals surface area contributed by atoms with Gasteiger partial charge in [-0.3, -0.25) is 4.79 Å². The number of nitrogens with zero attached hydrogens (tertiary/aromatic N) is 2. The molecule has 3 aromatic rings. The first-order valence-corrected chi connectivity index (χ1v) is 9.30. The second kappa shape index (κ2) is 9.04. The van der Waals surface area contributed by atoms with E-state index in [4.69, 9.17) is 4.74 Å². The lowest BCUT2D eigenvalue weighted by molar-refractivity contribution is 0.102. The van der Waals surface area contributed by atoms with Crippen molar-refractivity contribution in [3.05, 3.63) is 84.1 Å². The third-order valence-electron chi connectivity index (χ3n) is 4.15. The number of anilines is 2. The zero-order valence-electron chi connectivity index (χ0n) is 16.4. The summed E-state index contributed by atoms with van der Waals surface area (Å²) >= 11 is 0. The number of rotatable bonds is 7. The van der Waals surface area contributed by atoms with Crippen LogP contribution in [0, 0.1) is 0 Å². The van der Waals surface area contributed by atoms with Gasteiger partial charge in [0.05, 0.1) is 11.7 Å². The van der Waals surface area contributed by atoms with Gasteiger partial charge in [-0.1, -0.05) is 30.3 Å². The maximum Gasteiger partial charge on any atom is 0.257 e. The van der Waals surface area contributed by atoms with Gasteiger partial charge in [-0.15, -0.1) is 0 Å². The Hall–Kier alpha value is -3.34. The fraction of sp³-hybridized carbons (Fsp3) is 0.217. The average Bonchev–Trinajstić information content (AvgIpc) is 2.70. The Labute approximate surface area is 166 Å². The summed E-state index contributed by atoms with van der Waals surface area (Å²) in [5, 5.41) is 2.88. The molecule has 0 fully saturated rings. The third kappa shape index (κ3) is 5.33. The van der Waals surface area contributed by atoms with Gasteiger partial charge in [0.2, 0.25) is 0 Å². The molecule has 5 nitrogen and oxygen atoms in total. The molecule has 1 aromatic heterocycles. The molecule has 5 heteroatoms. The predicted molar refractivity (Wildman–Crippen MR) is 113 cm³/mol. The fourth-order valence-corrected chi connectivity index (χ4v) is 2.78. The van der Waals surface area contributed by atoms with Crippen molar-refractivity contribution in [1.82, 2.24) is 4.98 Å². The number of pyridine rings is 1. The quantitative estimate of drug-likeness (QED) is 0.647. The molecule has 0 atom stereocenters. The minimum atomic E-state index is -0.192. The zero-order valence-corrected chi connectivity index (χ0v) is 16.4. The van der Waals surface area contributed by atoms with Crippen molar-refractivity contribution in [3.63, 3.8) is 0 Å². The summed E-state index contributed by atoms with van der Waals surface area (Å²) in [5.41, 5.74) is 2.43. The predicted octanol–water partition coefficient (Wildman–Crippen LogP) is 4.76. The van der Waals surface area contributed by atoms with Gasteiger partial charge in [-0.05, 0) is 55.8 Å². The van der Waals surface area contributed by atoms with Gasteiger partial charge in [0.15, 0.2) is 0 Å². The Morgan fingerprint density at radius 3 is 2.36 bits per heavy atom. The molecular weight excluding hydrogens is 350 g/mol. The highest BCUT2D eigenvalue weighted by Gasteiger charge is 2.09. The number of ether oxygens (including phenoxy) is 1. The highest BCUT2D eigenvalue weighted by molar-refractivity contribution is 6.04. The van der Waals surface area contributed by atoms with Crippen molar-refractivity contribution in [2.24, 2.45) is 0 Å². The first-order valence-electron chi connectivity index (χ1n) is 9.30. The van der Waals surface area contributed by atoms with E-state index in [0.29, 0.717) is 11.3 Å². The summed E-state index contributed by atoms with van der Waals surface area (Å²) in [6.07, 6.45) is 1.72. The SMILES string of the molecule is CC(C)Oc1ccc(NC(=O)c2ccc(N(C)Cc3ccccc3)nc2)cc1. The number of hydrogen-bond donors (Lipinski definition) is 1. The van der Waals surface area contributed by atoms with Crippen LogP contribution in [-0.2, 0) is 6.54 Å². The molecule has 3 rings (SSSR count). The van der Waals surface area contributed by atoms with E-state index in [9.17, 15) is 4.79 Å². The smallest absolute Gasteiger partial charge is 0.257 e. The molecule has 28 heavy (non-hydrogen) atoms. The maximum absolute atomic E-state index is 12.5. The molecule has 0 spiro atoms. The molecule has 0 radical (unpaired) electrons. The molecular formula is C23H25N3O2. The van der Waals surface area contributed by atoms with Crippen molar-refractivity contribution in [1.29, 1.82) is 0 Å². The molecule has 144 valence electrons. The van der Waals surface area contributed by atoms with E-state index in [0.717, 1.165) is 18.1 Å². The average molecular weight is 375 g/mol. The molecule has 1 heterocycles. The van der Waals surface area contributed by atoms with Crippen LogP contribution in [-0.4, -0.2) is 24.0 Å². The number of nitrogens with one attached hydrogen (secondary N) is 1. The number of aromatic nitrogens is 1. The molecule has 1 N–H and O–H groups in total. The minimum absolute atomic E-state index is 0.116. The van der Waals surface area contributed by atoms with Gasteiger partial charge < -0.3 is 15.0 Å². The second-order valence-electron chi connectivity index (χ2n) is 6.89. The Morgan fingerprint density at radius 2 is 1.75 bits per heavy atom. The van der Waals surface area contributed by atoms with Crippen LogP contribution in [0.3, 0.4) is 0 Å². The molecule has 2 aromatic carbocycles. The van der Waals surface area contributed by atoms with Crippen molar-refractivity contribution in [2.75, 3.05) is 17.3 Å². The molecule has 0 bridgehead atoms. The summed E-state index contributed by atoms with van der Waals surface area (Å²) in [5.74, 6) is 1.40. The fourth-order valence-electron chi connectivity index (χ4n) is 2.78.